The predicted octanol–water partition coefficient (Wildman–Crippen LogP) is 3.35. The molecule has 1 aliphatic rings. The lowest BCUT2D eigenvalue weighted by atomic mass is 10.1. The third-order valence-corrected chi connectivity index (χ3v) is 4.74. The summed E-state index contributed by atoms with van der Waals surface area (Å²) in [5, 5.41) is 2.80. The van der Waals surface area contributed by atoms with Crippen molar-refractivity contribution in [2.24, 2.45) is 0 Å². The molecule has 3 rings (SSSR count). The third kappa shape index (κ3) is 6.33. The van der Waals surface area contributed by atoms with Crippen LogP contribution in [-0.2, 0) is 25.5 Å². The van der Waals surface area contributed by atoms with Crippen molar-refractivity contribution in [3.63, 3.8) is 0 Å². The van der Waals surface area contributed by atoms with Crippen LogP contribution in [0, 0.1) is 0 Å². The Bertz CT molecular complexity index is 912. The molecule has 0 bridgehead atoms. The molecule has 1 N–H and O–H groups in total. The number of esters is 1. The number of benzene rings is 1. The number of fused-ring (bicyclic) bond motifs is 1. The van der Waals surface area contributed by atoms with Gasteiger partial charge in [-0.25, -0.2) is 14.6 Å². The molecule has 9 heteroatoms. The molecule has 0 spiro atoms. The second kappa shape index (κ2) is 10.00. The molecule has 1 saturated heterocycles. The number of imidazole rings is 1. The number of hydrogen-bond acceptors (Lipinski definition) is 7. The molecule has 0 unspecified atom stereocenters. The summed E-state index contributed by atoms with van der Waals surface area (Å²) in [4.78, 5) is 28.4. The van der Waals surface area contributed by atoms with Crippen molar-refractivity contribution in [2.45, 2.75) is 58.7 Å². The first-order chi connectivity index (χ1) is 14.8. The lowest BCUT2D eigenvalue weighted by Crippen LogP contribution is -2.33. The van der Waals surface area contributed by atoms with Gasteiger partial charge in [-0.15, -0.1) is 0 Å². The van der Waals surface area contributed by atoms with Crippen molar-refractivity contribution >= 4 is 23.1 Å². The van der Waals surface area contributed by atoms with Crippen LogP contribution in [0.3, 0.4) is 0 Å². The van der Waals surface area contributed by atoms with Crippen molar-refractivity contribution in [3.05, 3.63) is 24.0 Å². The predicted molar refractivity (Wildman–Crippen MR) is 114 cm³/mol. The average molecular weight is 434 g/mol. The Morgan fingerprint density at radius 2 is 2.00 bits per heavy atom. The molecule has 0 atom stereocenters. The normalized spacial score (nSPS) is 15.0. The van der Waals surface area contributed by atoms with E-state index in [9.17, 15) is 9.59 Å². The summed E-state index contributed by atoms with van der Waals surface area (Å²) in [5.41, 5.74) is 1.10. The van der Waals surface area contributed by atoms with Crippen LogP contribution in [0.1, 0.15) is 52.4 Å². The lowest BCUT2D eigenvalue weighted by Gasteiger charge is -2.26. The molecule has 2 heterocycles. The SMILES string of the molecule is CCOC(=O)COc1ccc2c(c1)nc(CNC(=O)OC(C)(C)C)n2C1CCOCC1. The van der Waals surface area contributed by atoms with Crippen LogP contribution in [0.2, 0.25) is 0 Å². The van der Waals surface area contributed by atoms with E-state index in [1.165, 1.54) is 0 Å². The Hall–Kier alpha value is -2.81. The number of hydrogen-bond donors (Lipinski definition) is 1. The number of amides is 1. The molecule has 1 aromatic carbocycles. The minimum atomic E-state index is -0.573. The Kier molecular flexibility index (Phi) is 7.37. The number of carbonyl (C=O) groups excluding carboxylic acids is 2. The number of ether oxygens (including phenoxy) is 4. The van der Waals surface area contributed by atoms with Crippen molar-refractivity contribution in [1.82, 2.24) is 14.9 Å². The maximum atomic E-state index is 12.1. The van der Waals surface area contributed by atoms with Crippen molar-refractivity contribution < 1.29 is 28.5 Å². The Morgan fingerprint density at radius 1 is 1.26 bits per heavy atom. The molecular formula is C22H31N3O6. The van der Waals surface area contributed by atoms with Crippen LogP contribution in [0.15, 0.2) is 18.2 Å². The van der Waals surface area contributed by atoms with E-state index in [4.69, 9.17) is 23.9 Å². The fourth-order valence-corrected chi connectivity index (χ4v) is 3.50. The van der Waals surface area contributed by atoms with Crippen LogP contribution in [-0.4, -0.2) is 53.6 Å². The molecule has 9 nitrogen and oxygen atoms in total. The van der Waals surface area contributed by atoms with Crippen LogP contribution in [0.25, 0.3) is 11.0 Å². The van der Waals surface area contributed by atoms with Crippen LogP contribution in [0.4, 0.5) is 4.79 Å². The van der Waals surface area contributed by atoms with Gasteiger partial charge in [0.25, 0.3) is 0 Å². The standard InChI is InChI=1S/C22H31N3O6/c1-5-29-20(26)14-30-16-6-7-18-17(12-16)24-19(13-23-21(27)31-22(2,3)4)25(18)15-8-10-28-11-9-15/h6-7,12,15H,5,8-11,13-14H2,1-4H3,(H,23,27). The van der Waals surface area contributed by atoms with Gasteiger partial charge in [0, 0.05) is 25.3 Å². The van der Waals surface area contributed by atoms with Crippen molar-refractivity contribution in [3.8, 4) is 5.75 Å². The number of carbonyl (C=O) groups is 2. The topological polar surface area (TPSA) is 101 Å². The van der Waals surface area contributed by atoms with Gasteiger partial charge in [-0.05, 0) is 52.7 Å². The van der Waals surface area contributed by atoms with E-state index in [0.717, 1.165) is 29.7 Å². The second-order valence-electron chi connectivity index (χ2n) is 8.34. The summed E-state index contributed by atoms with van der Waals surface area (Å²) in [6, 6.07) is 5.75. The maximum Gasteiger partial charge on any atom is 0.408 e. The molecule has 1 aliphatic heterocycles. The van der Waals surface area contributed by atoms with E-state index in [1.807, 2.05) is 32.9 Å². The molecule has 1 aromatic heterocycles. The molecule has 31 heavy (non-hydrogen) atoms. The summed E-state index contributed by atoms with van der Waals surface area (Å²) in [6.07, 6.45) is 1.24. The molecule has 0 aliphatic carbocycles. The highest BCUT2D eigenvalue weighted by Crippen LogP contribution is 2.30. The van der Waals surface area contributed by atoms with Gasteiger partial charge < -0.3 is 28.8 Å². The first-order valence-corrected chi connectivity index (χ1v) is 10.6. The van der Waals surface area contributed by atoms with Crippen LogP contribution < -0.4 is 10.1 Å². The summed E-state index contributed by atoms with van der Waals surface area (Å²) in [5.74, 6) is 0.844. The summed E-state index contributed by atoms with van der Waals surface area (Å²) >= 11 is 0. The van der Waals surface area contributed by atoms with Gasteiger partial charge in [-0.2, -0.15) is 0 Å². The molecule has 1 fully saturated rings. The minimum absolute atomic E-state index is 0.160. The van der Waals surface area contributed by atoms with Crippen LogP contribution >= 0.6 is 0 Å². The quantitative estimate of drug-likeness (QED) is 0.668. The average Bonchev–Trinajstić information content (AvgIpc) is 3.08. The zero-order chi connectivity index (χ0) is 22.4. The van der Waals surface area contributed by atoms with Crippen molar-refractivity contribution in [2.75, 3.05) is 26.4 Å². The first-order valence-electron chi connectivity index (χ1n) is 10.6. The minimum Gasteiger partial charge on any atom is -0.482 e. The lowest BCUT2D eigenvalue weighted by molar-refractivity contribution is -0.145. The van der Waals surface area contributed by atoms with E-state index in [-0.39, 0.29) is 19.2 Å². The summed E-state index contributed by atoms with van der Waals surface area (Å²) < 4.78 is 23.4. The first kappa shape index (κ1) is 22.9. The fraction of sp³-hybridized carbons (Fsp3) is 0.591. The Balaban J connectivity index is 1.82. The van der Waals surface area contributed by atoms with Gasteiger partial charge in [0.2, 0.25) is 0 Å². The van der Waals surface area contributed by atoms with Gasteiger partial charge in [-0.1, -0.05) is 0 Å². The second-order valence-corrected chi connectivity index (χ2v) is 8.34. The molecule has 2 aromatic rings. The van der Waals surface area contributed by atoms with Gasteiger partial charge in [0.05, 0.1) is 24.2 Å². The van der Waals surface area contributed by atoms with E-state index < -0.39 is 17.7 Å². The Labute approximate surface area is 182 Å². The smallest absolute Gasteiger partial charge is 0.408 e. The number of nitrogens with one attached hydrogen (secondary N) is 1. The highest BCUT2D eigenvalue weighted by molar-refractivity contribution is 5.78. The van der Waals surface area contributed by atoms with Gasteiger partial charge in [0.15, 0.2) is 6.61 Å². The van der Waals surface area contributed by atoms with Gasteiger partial charge in [-0.3, -0.25) is 0 Å². The van der Waals surface area contributed by atoms with Crippen LogP contribution in [0.5, 0.6) is 5.75 Å². The number of alkyl carbamates (subject to hydrolysis) is 1. The number of aromatic nitrogens is 2. The van der Waals surface area contributed by atoms with E-state index >= 15 is 0 Å². The molecule has 170 valence electrons. The third-order valence-electron chi connectivity index (χ3n) is 4.74. The van der Waals surface area contributed by atoms with E-state index in [0.29, 0.717) is 25.6 Å². The molecule has 1 amide bonds. The molecular weight excluding hydrogens is 402 g/mol. The highest BCUT2D eigenvalue weighted by atomic mass is 16.6. The zero-order valence-electron chi connectivity index (χ0n) is 18.6. The largest absolute Gasteiger partial charge is 0.482 e. The molecule has 0 radical (unpaired) electrons. The zero-order valence-corrected chi connectivity index (χ0v) is 18.6. The van der Waals surface area contributed by atoms with E-state index in [1.54, 1.807) is 13.0 Å². The van der Waals surface area contributed by atoms with Gasteiger partial charge >= 0.3 is 12.1 Å². The fourth-order valence-electron chi connectivity index (χ4n) is 3.50. The number of rotatable bonds is 7. The summed E-state index contributed by atoms with van der Waals surface area (Å²) in [7, 11) is 0. The number of nitrogens with zero attached hydrogens (tertiary/aromatic N) is 2. The molecule has 0 saturated carbocycles. The summed E-state index contributed by atoms with van der Waals surface area (Å²) in [6.45, 7) is 8.97. The van der Waals surface area contributed by atoms with E-state index in [2.05, 4.69) is 9.88 Å². The van der Waals surface area contributed by atoms with Gasteiger partial charge in [0.1, 0.15) is 17.2 Å². The maximum absolute atomic E-state index is 12.1. The monoisotopic (exact) mass is 433 g/mol. The Morgan fingerprint density at radius 3 is 2.68 bits per heavy atom. The highest BCUT2D eigenvalue weighted by Gasteiger charge is 2.23. The van der Waals surface area contributed by atoms with Crippen molar-refractivity contribution in [1.29, 1.82) is 0 Å².